The molecule has 0 heterocycles. The van der Waals surface area contributed by atoms with E-state index in [1.807, 2.05) is 36.2 Å². The third kappa shape index (κ3) is 4.55. The van der Waals surface area contributed by atoms with Gasteiger partial charge in [-0.1, -0.05) is 31.4 Å². The van der Waals surface area contributed by atoms with Crippen LogP contribution in [0.25, 0.3) is 0 Å². The molecule has 0 aliphatic heterocycles. The summed E-state index contributed by atoms with van der Waals surface area (Å²) in [6.45, 7) is 0.926. The van der Waals surface area contributed by atoms with Crippen molar-refractivity contribution in [2.45, 2.75) is 44.9 Å². The van der Waals surface area contributed by atoms with Gasteiger partial charge in [0.15, 0.2) is 0 Å². The number of hydrogen-bond acceptors (Lipinski definition) is 2. The maximum atomic E-state index is 12.2. The van der Waals surface area contributed by atoms with Crippen molar-refractivity contribution in [1.29, 1.82) is 0 Å². The summed E-state index contributed by atoms with van der Waals surface area (Å²) >= 11 is 0. The predicted octanol–water partition coefficient (Wildman–Crippen LogP) is 3.24. The Hall–Kier alpha value is -1.51. The first-order valence-corrected chi connectivity index (χ1v) is 7.73. The molecule has 20 heavy (non-hydrogen) atoms. The summed E-state index contributed by atoms with van der Waals surface area (Å²) in [5.74, 6) is 0.961. The normalized spacial score (nSPS) is 16.1. The zero-order valence-electron chi connectivity index (χ0n) is 12.5. The quantitative estimate of drug-likeness (QED) is 0.838. The third-order valence-corrected chi connectivity index (χ3v) is 4.26. The van der Waals surface area contributed by atoms with Crippen LogP contribution >= 0.6 is 0 Å². The van der Waals surface area contributed by atoms with Crippen LogP contribution in [0.3, 0.4) is 0 Å². The van der Waals surface area contributed by atoms with Crippen LogP contribution in [-0.4, -0.2) is 24.4 Å². The molecule has 0 atom stereocenters. The molecule has 0 radical (unpaired) electrons. The maximum Gasteiger partial charge on any atom is 0.222 e. The number of nitrogen functional groups attached to an aromatic ring is 1. The van der Waals surface area contributed by atoms with E-state index in [9.17, 15) is 4.79 Å². The minimum Gasteiger partial charge on any atom is -0.399 e. The zero-order valence-corrected chi connectivity index (χ0v) is 12.5. The van der Waals surface area contributed by atoms with E-state index in [-0.39, 0.29) is 5.91 Å². The average molecular weight is 274 g/mol. The summed E-state index contributed by atoms with van der Waals surface area (Å²) in [5.41, 5.74) is 7.67. The second kappa shape index (κ2) is 7.32. The molecule has 3 nitrogen and oxygen atoms in total. The summed E-state index contributed by atoms with van der Waals surface area (Å²) in [7, 11) is 1.94. The molecule has 1 aliphatic carbocycles. The summed E-state index contributed by atoms with van der Waals surface area (Å²) in [6.07, 6.45) is 7.95. The van der Waals surface area contributed by atoms with Crippen LogP contribution in [0.5, 0.6) is 0 Å². The number of rotatable bonds is 5. The fourth-order valence-corrected chi connectivity index (χ4v) is 3.05. The lowest BCUT2D eigenvalue weighted by Crippen LogP contribution is -2.32. The van der Waals surface area contributed by atoms with Crippen molar-refractivity contribution in [3.63, 3.8) is 0 Å². The minimum absolute atomic E-state index is 0.248. The van der Waals surface area contributed by atoms with Gasteiger partial charge in [-0.05, 0) is 42.9 Å². The number of aryl methyl sites for hydroxylation is 1. The Morgan fingerprint density at radius 3 is 2.75 bits per heavy atom. The highest BCUT2D eigenvalue weighted by molar-refractivity contribution is 5.76. The molecular formula is C17H26N2O. The monoisotopic (exact) mass is 274 g/mol. The molecule has 1 aliphatic rings. The number of anilines is 1. The fourth-order valence-electron chi connectivity index (χ4n) is 3.05. The number of amides is 1. The highest BCUT2D eigenvalue weighted by Gasteiger charge is 2.18. The van der Waals surface area contributed by atoms with Crippen molar-refractivity contribution in [1.82, 2.24) is 4.90 Å². The van der Waals surface area contributed by atoms with Crippen LogP contribution < -0.4 is 5.73 Å². The van der Waals surface area contributed by atoms with E-state index in [2.05, 4.69) is 0 Å². The van der Waals surface area contributed by atoms with E-state index in [0.717, 1.165) is 24.2 Å². The first-order valence-electron chi connectivity index (χ1n) is 7.73. The highest BCUT2D eigenvalue weighted by atomic mass is 16.2. The summed E-state index contributed by atoms with van der Waals surface area (Å²) < 4.78 is 0. The molecule has 0 spiro atoms. The molecule has 0 bridgehead atoms. The number of carbonyl (C=O) groups is 1. The van der Waals surface area contributed by atoms with E-state index in [0.29, 0.717) is 12.3 Å². The molecular weight excluding hydrogens is 248 g/mol. The average Bonchev–Trinajstić information content (AvgIpc) is 2.46. The SMILES string of the molecule is CN(CC1CCCCC1)C(=O)CCc1cccc(N)c1. The van der Waals surface area contributed by atoms with Crippen LogP contribution in [0.2, 0.25) is 0 Å². The number of carbonyl (C=O) groups excluding carboxylic acids is 1. The van der Waals surface area contributed by atoms with Crippen LogP contribution in [0.15, 0.2) is 24.3 Å². The molecule has 0 saturated heterocycles. The molecule has 2 rings (SSSR count). The third-order valence-electron chi connectivity index (χ3n) is 4.26. The van der Waals surface area contributed by atoms with Crippen molar-refractivity contribution in [2.75, 3.05) is 19.3 Å². The van der Waals surface area contributed by atoms with Crippen LogP contribution in [-0.2, 0) is 11.2 Å². The van der Waals surface area contributed by atoms with Gasteiger partial charge in [0.25, 0.3) is 0 Å². The molecule has 2 N–H and O–H groups in total. The Balaban J connectivity index is 1.76. The van der Waals surface area contributed by atoms with Gasteiger partial charge in [0.05, 0.1) is 0 Å². The van der Waals surface area contributed by atoms with Crippen molar-refractivity contribution in [3.8, 4) is 0 Å². The van der Waals surface area contributed by atoms with Crippen LogP contribution in [0.1, 0.15) is 44.1 Å². The molecule has 0 unspecified atom stereocenters. The first kappa shape index (κ1) is 14.9. The Labute approximate surface area is 122 Å². The van der Waals surface area contributed by atoms with Crippen molar-refractivity contribution >= 4 is 11.6 Å². The van der Waals surface area contributed by atoms with Gasteiger partial charge in [-0.25, -0.2) is 0 Å². The minimum atomic E-state index is 0.248. The Morgan fingerprint density at radius 1 is 1.30 bits per heavy atom. The smallest absolute Gasteiger partial charge is 0.222 e. The first-order chi connectivity index (χ1) is 9.65. The fraction of sp³-hybridized carbons (Fsp3) is 0.588. The molecule has 0 aromatic heterocycles. The van der Waals surface area contributed by atoms with Gasteiger partial charge in [0.1, 0.15) is 0 Å². The number of benzene rings is 1. The second-order valence-electron chi connectivity index (χ2n) is 6.02. The summed E-state index contributed by atoms with van der Waals surface area (Å²) in [5, 5.41) is 0. The number of nitrogens with two attached hydrogens (primary N) is 1. The Morgan fingerprint density at radius 2 is 2.05 bits per heavy atom. The topological polar surface area (TPSA) is 46.3 Å². The van der Waals surface area contributed by atoms with Crippen molar-refractivity contribution in [3.05, 3.63) is 29.8 Å². The summed E-state index contributed by atoms with van der Waals surface area (Å²) in [4.78, 5) is 14.1. The van der Waals surface area contributed by atoms with E-state index >= 15 is 0 Å². The van der Waals surface area contributed by atoms with Crippen molar-refractivity contribution < 1.29 is 4.79 Å². The zero-order chi connectivity index (χ0) is 14.4. The van der Waals surface area contributed by atoms with Gasteiger partial charge in [-0.15, -0.1) is 0 Å². The van der Waals surface area contributed by atoms with Crippen LogP contribution in [0, 0.1) is 5.92 Å². The predicted molar refractivity (Wildman–Crippen MR) is 83.4 cm³/mol. The second-order valence-corrected chi connectivity index (χ2v) is 6.02. The van der Waals surface area contributed by atoms with Gasteiger partial charge in [-0.3, -0.25) is 4.79 Å². The van der Waals surface area contributed by atoms with E-state index in [4.69, 9.17) is 5.73 Å². The molecule has 1 amide bonds. The van der Waals surface area contributed by atoms with E-state index in [1.165, 1.54) is 32.1 Å². The lowest BCUT2D eigenvalue weighted by Gasteiger charge is -2.27. The lowest BCUT2D eigenvalue weighted by atomic mass is 9.89. The molecule has 1 saturated carbocycles. The largest absolute Gasteiger partial charge is 0.399 e. The summed E-state index contributed by atoms with van der Waals surface area (Å²) in [6, 6.07) is 7.81. The Bertz CT molecular complexity index is 438. The standard InChI is InChI=1S/C17H26N2O/c1-19(13-15-6-3-2-4-7-15)17(20)11-10-14-8-5-9-16(18)12-14/h5,8-9,12,15H,2-4,6-7,10-11,13,18H2,1H3. The lowest BCUT2D eigenvalue weighted by molar-refractivity contribution is -0.130. The van der Waals surface area contributed by atoms with Gasteiger partial charge >= 0.3 is 0 Å². The number of nitrogens with zero attached hydrogens (tertiary/aromatic N) is 1. The molecule has 1 aromatic carbocycles. The highest BCUT2D eigenvalue weighted by Crippen LogP contribution is 2.24. The van der Waals surface area contributed by atoms with Gasteiger partial charge in [-0.2, -0.15) is 0 Å². The van der Waals surface area contributed by atoms with Gasteiger partial charge < -0.3 is 10.6 Å². The van der Waals surface area contributed by atoms with Crippen LogP contribution in [0.4, 0.5) is 5.69 Å². The molecule has 110 valence electrons. The molecule has 1 aromatic rings. The molecule has 3 heteroatoms. The maximum absolute atomic E-state index is 12.2. The molecule has 1 fully saturated rings. The van der Waals surface area contributed by atoms with Gasteiger partial charge in [0.2, 0.25) is 5.91 Å². The van der Waals surface area contributed by atoms with E-state index < -0.39 is 0 Å². The van der Waals surface area contributed by atoms with Crippen molar-refractivity contribution in [2.24, 2.45) is 5.92 Å². The van der Waals surface area contributed by atoms with E-state index in [1.54, 1.807) is 0 Å². The Kier molecular flexibility index (Phi) is 5.45. The number of hydrogen-bond donors (Lipinski definition) is 1. The van der Waals surface area contributed by atoms with Gasteiger partial charge in [0, 0.05) is 25.7 Å².